The molecule has 1 aliphatic heterocycles. The summed E-state index contributed by atoms with van der Waals surface area (Å²) in [6.45, 7) is -1.51. The zero-order chi connectivity index (χ0) is 16.7. The molecule has 3 N–H and O–H groups in total. The van der Waals surface area contributed by atoms with Crippen molar-refractivity contribution < 1.29 is 17.7 Å². The number of aromatic nitrogens is 3. The minimum Gasteiger partial charge on any atom is -0.394 e. The van der Waals surface area contributed by atoms with Gasteiger partial charge in [0.25, 0.3) is 0 Å². The Bertz CT molecular complexity index is 749. The molecule has 8 nitrogen and oxygen atoms in total. The molecule has 9 heteroatoms. The second-order valence-corrected chi connectivity index (χ2v) is 4.64. The molecule has 1 saturated heterocycles. The van der Waals surface area contributed by atoms with Gasteiger partial charge in [-0.3, -0.25) is 9.55 Å². The summed E-state index contributed by atoms with van der Waals surface area (Å²) >= 11 is 6.23. The van der Waals surface area contributed by atoms with Gasteiger partial charge in [0.05, 0.1) is 9.30 Å². The van der Waals surface area contributed by atoms with E-state index in [4.69, 9.17) is 19.1 Å². The number of halogens is 1. The van der Waals surface area contributed by atoms with E-state index in [1.54, 1.807) is 0 Å². The van der Waals surface area contributed by atoms with Gasteiger partial charge in [0.2, 0.25) is 0 Å². The van der Waals surface area contributed by atoms with E-state index >= 15 is 0 Å². The van der Waals surface area contributed by atoms with Crippen molar-refractivity contribution in [1.82, 2.24) is 14.5 Å². The average Bonchev–Trinajstić information content (AvgIpc) is 2.63. The van der Waals surface area contributed by atoms with Gasteiger partial charge < -0.3 is 14.9 Å². The van der Waals surface area contributed by atoms with Gasteiger partial charge in [-0.1, -0.05) is 17.5 Å². The fraction of sp³-hybridized carbons (Fsp3) is 0.545. The van der Waals surface area contributed by atoms with Crippen LogP contribution in [-0.4, -0.2) is 48.4 Å². The standard InChI is InChI=1S/C11H12ClN3O5/c1-2-3-11(12)7(17)6(4-16)20-8(11)15-5-13-9(18)14-10(15)19/h5-8,16-17H,4H2,1H3,(H,14,18,19)/t6-,7+,8-,11?/m1/s1/i4D2. The van der Waals surface area contributed by atoms with Gasteiger partial charge in [-0.05, 0) is 6.92 Å². The van der Waals surface area contributed by atoms with Crippen LogP contribution in [0.3, 0.4) is 0 Å². The molecule has 1 aromatic rings. The number of rotatable bonds is 2. The van der Waals surface area contributed by atoms with Crippen LogP contribution in [0.15, 0.2) is 15.9 Å². The van der Waals surface area contributed by atoms with Crippen LogP contribution in [-0.2, 0) is 4.74 Å². The van der Waals surface area contributed by atoms with Crippen LogP contribution in [0.2, 0.25) is 0 Å². The maximum absolute atomic E-state index is 11.8. The Kier molecular flexibility index (Phi) is 3.26. The Labute approximate surface area is 120 Å². The van der Waals surface area contributed by atoms with Gasteiger partial charge in [-0.25, -0.2) is 9.59 Å². The van der Waals surface area contributed by atoms with Crippen molar-refractivity contribution in [3.05, 3.63) is 27.3 Å². The van der Waals surface area contributed by atoms with Crippen molar-refractivity contribution in [2.24, 2.45) is 0 Å². The van der Waals surface area contributed by atoms with E-state index in [1.807, 2.05) is 4.98 Å². The molecule has 0 radical (unpaired) electrons. The highest BCUT2D eigenvalue weighted by Crippen LogP contribution is 2.42. The summed E-state index contributed by atoms with van der Waals surface area (Å²) in [5.74, 6) is 4.90. The lowest BCUT2D eigenvalue weighted by molar-refractivity contribution is -0.0468. The molecule has 2 heterocycles. The first-order valence-corrected chi connectivity index (χ1v) is 5.85. The summed E-state index contributed by atoms with van der Waals surface area (Å²) in [5.41, 5.74) is -1.82. The van der Waals surface area contributed by atoms with Crippen molar-refractivity contribution >= 4 is 11.6 Å². The van der Waals surface area contributed by atoms with Crippen molar-refractivity contribution in [1.29, 1.82) is 0 Å². The topological polar surface area (TPSA) is 117 Å². The van der Waals surface area contributed by atoms with E-state index < -0.39 is 41.2 Å². The number of ether oxygens (including phenoxy) is 1. The Morgan fingerprint density at radius 3 is 3.00 bits per heavy atom. The molecule has 0 saturated carbocycles. The number of aliphatic hydroxyl groups is 2. The number of hydrogen-bond donors (Lipinski definition) is 3. The number of nitrogens with one attached hydrogen (secondary N) is 1. The van der Waals surface area contributed by atoms with E-state index in [-0.39, 0.29) is 0 Å². The molecule has 1 fully saturated rings. The maximum Gasteiger partial charge on any atom is 0.350 e. The van der Waals surface area contributed by atoms with Crippen molar-refractivity contribution in [2.45, 2.75) is 30.2 Å². The first-order chi connectivity index (χ1) is 10.1. The molecule has 1 unspecified atom stereocenters. The minimum atomic E-state index is -2.93. The molecule has 20 heavy (non-hydrogen) atoms. The molecule has 2 rings (SSSR count). The monoisotopic (exact) mass is 303 g/mol. The molecular weight excluding hydrogens is 290 g/mol. The van der Waals surface area contributed by atoms with E-state index in [9.17, 15) is 19.8 Å². The quantitative estimate of drug-likeness (QED) is 0.437. The summed E-state index contributed by atoms with van der Waals surface area (Å²) in [4.78, 5) is 26.1. The van der Waals surface area contributed by atoms with Gasteiger partial charge in [0.1, 0.15) is 18.5 Å². The van der Waals surface area contributed by atoms with Crippen LogP contribution in [0, 0.1) is 11.8 Å². The third-order valence-corrected chi connectivity index (χ3v) is 3.30. The predicted molar refractivity (Wildman–Crippen MR) is 68.2 cm³/mol. The first-order valence-electron chi connectivity index (χ1n) is 6.47. The molecule has 4 atom stereocenters. The van der Waals surface area contributed by atoms with Crippen LogP contribution in [0.25, 0.3) is 0 Å². The second kappa shape index (κ2) is 5.38. The Morgan fingerprint density at radius 1 is 1.75 bits per heavy atom. The van der Waals surface area contributed by atoms with E-state index in [2.05, 4.69) is 16.8 Å². The average molecular weight is 304 g/mol. The van der Waals surface area contributed by atoms with Gasteiger partial charge in [-0.2, -0.15) is 4.98 Å². The van der Waals surface area contributed by atoms with E-state index in [0.717, 1.165) is 10.9 Å². The Morgan fingerprint density at radius 2 is 2.45 bits per heavy atom. The van der Waals surface area contributed by atoms with E-state index in [1.165, 1.54) is 6.92 Å². The highest BCUT2D eigenvalue weighted by atomic mass is 35.5. The minimum absolute atomic E-state index is 0.758. The van der Waals surface area contributed by atoms with Crippen LogP contribution in [0.5, 0.6) is 0 Å². The van der Waals surface area contributed by atoms with E-state index in [0.29, 0.717) is 0 Å². The molecule has 0 amide bonds. The summed E-state index contributed by atoms with van der Waals surface area (Å²) < 4.78 is 20.5. The van der Waals surface area contributed by atoms with Crippen molar-refractivity contribution in [3.8, 4) is 11.8 Å². The molecule has 0 aliphatic carbocycles. The zero-order valence-electron chi connectivity index (χ0n) is 12.2. The molecule has 0 bridgehead atoms. The fourth-order valence-corrected chi connectivity index (χ4v) is 2.26. The maximum atomic E-state index is 11.8. The van der Waals surface area contributed by atoms with Crippen LogP contribution >= 0.6 is 11.6 Å². The molecule has 0 aromatic carbocycles. The fourth-order valence-electron chi connectivity index (χ4n) is 1.90. The molecule has 1 aliphatic rings. The number of hydrogen-bond acceptors (Lipinski definition) is 6. The number of aromatic amines is 1. The number of alkyl halides is 1. The third kappa shape index (κ3) is 2.25. The summed E-state index contributed by atoms with van der Waals surface area (Å²) in [5, 5.41) is 19.6. The predicted octanol–water partition coefficient (Wildman–Crippen LogP) is -1.82. The van der Waals surface area contributed by atoms with Gasteiger partial charge in [0.15, 0.2) is 11.1 Å². The van der Waals surface area contributed by atoms with Gasteiger partial charge >= 0.3 is 11.4 Å². The molecule has 108 valence electrons. The Hall–Kier alpha value is -1.66. The van der Waals surface area contributed by atoms with Gasteiger partial charge in [0, 0.05) is 0 Å². The molecular formula is C11H12ClN3O5. The molecule has 0 spiro atoms. The van der Waals surface area contributed by atoms with Gasteiger partial charge in [-0.15, -0.1) is 5.92 Å². The smallest absolute Gasteiger partial charge is 0.350 e. The normalized spacial score (nSPS) is 34.9. The van der Waals surface area contributed by atoms with Crippen LogP contribution in [0.4, 0.5) is 0 Å². The van der Waals surface area contributed by atoms with Crippen molar-refractivity contribution in [2.75, 3.05) is 6.56 Å². The number of aliphatic hydroxyl groups excluding tert-OH is 1. The third-order valence-electron chi connectivity index (χ3n) is 2.80. The highest BCUT2D eigenvalue weighted by Gasteiger charge is 2.55. The summed E-state index contributed by atoms with van der Waals surface area (Å²) in [7, 11) is 0. The second-order valence-electron chi connectivity index (χ2n) is 4.01. The summed E-state index contributed by atoms with van der Waals surface area (Å²) in [6, 6.07) is 0. The summed E-state index contributed by atoms with van der Waals surface area (Å²) in [6.07, 6.45) is -4.14. The first kappa shape index (κ1) is 12.1. The highest BCUT2D eigenvalue weighted by molar-refractivity contribution is 6.27. The Balaban J connectivity index is 2.59. The lowest BCUT2D eigenvalue weighted by Crippen LogP contribution is -2.44. The largest absolute Gasteiger partial charge is 0.394 e. The lowest BCUT2D eigenvalue weighted by Gasteiger charge is -2.25. The van der Waals surface area contributed by atoms with Crippen LogP contribution < -0.4 is 11.4 Å². The number of H-pyrrole nitrogens is 1. The number of nitrogens with zero attached hydrogens (tertiary/aromatic N) is 2. The molecule has 1 aromatic heterocycles. The SMILES string of the molecule is [2H]C([2H])(O)[C@H]1O[C@@H](n2cnc(=O)[nH]c2=O)C(Cl)(C#CC)[C@H]1O. The van der Waals surface area contributed by atoms with Crippen LogP contribution in [0.1, 0.15) is 15.9 Å². The zero-order valence-corrected chi connectivity index (χ0v) is 11.0. The van der Waals surface area contributed by atoms with Crippen molar-refractivity contribution in [3.63, 3.8) is 0 Å². The lowest BCUT2D eigenvalue weighted by atomic mass is 9.99.